The number of aromatic carboxylic acids is 1. The van der Waals surface area contributed by atoms with Gasteiger partial charge in [-0.25, -0.2) is 9.18 Å². The molecule has 0 aromatic heterocycles. The van der Waals surface area contributed by atoms with E-state index in [9.17, 15) is 29.2 Å². The molecule has 1 amide bonds. The number of carboxylic acid groups (broad SMARTS) is 1. The maximum atomic E-state index is 13.5. The molecule has 33 heavy (non-hydrogen) atoms. The number of hydrogen-bond acceptors (Lipinski definition) is 6. The van der Waals surface area contributed by atoms with Gasteiger partial charge in [-0.05, 0) is 30.3 Å². The fraction of sp³-hybridized carbons (Fsp3) is 0.261. The van der Waals surface area contributed by atoms with Crippen molar-refractivity contribution in [2.45, 2.75) is 12.8 Å². The van der Waals surface area contributed by atoms with Crippen LogP contribution in [0.2, 0.25) is 0 Å². The van der Waals surface area contributed by atoms with Crippen LogP contribution in [0.4, 0.5) is 15.8 Å². The number of carbonyl (C=O) groups is 2. The Hall–Kier alpha value is -4.44. The van der Waals surface area contributed by atoms with Crippen molar-refractivity contribution in [3.63, 3.8) is 0 Å². The van der Waals surface area contributed by atoms with Crippen LogP contribution in [-0.4, -0.2) is 53.0 Å². The van der Waals surface area contributed by atoms with Crippen LogP contribution in [0.5, 0.6) is 0 Å². The van der Waals surface area contributed by atoms with Gasteiger partial charge in [-0.1, -0.05) is 11.8 Å². The van der Waals surface area contributed by atoms with Crippen molar-refractivity contribution in [2.75, 3.05) is 31.1 Å². The van der Waals surface area contributed by atoms with Crippen LogP contribution >= 0.6 is 0 Å². The molecule has 9 nitrogen and oxygen atoms in total. The van der Waals surface area contributed by atoms with E-state index in [1.807, 2.05) is 12.1 Å². The predicted molar refractivity (Wildman–Crippen MR) is 116 cm³/mol. The third kappa shape index (κ3) is 5.63. The summed E-state index contributed by atoms with van der Waals surface area (Å²) in [5, 5.41) is 29.2. The maximum absolute atomic E-state index is 13.5. The molecule has 1 aliphatic heterocycles. The Bertz CT molecular complexity index is 1150. The van der Waals surface area contributed by atoms with E-state index in [2.05, 4.69) is 22.8 Å². The Kier molecular flexibility index (Phi) is 7.21. The summed E-state index contributed by atoms with van der Waals surface area (Å²) < 4.78 is 13.5. The number of piperazine rings is 1. The first-order chi connectivity index (χ1) is 15.8. The number of nitro benzene ring substituents is 1. The summed E-state index contributed by atoms with van der Waals surface area (Å²) in [5.74, 6) is 2.33. The van der Waals surface area contributed by atoms with Crippen LogP contribution < -0.4 is 4.90 Å². The number of benzene rings is 2. The molecular weight excluding hydrogens is 431 g/mol. The van der Waals surface area contributed by atoms with E-state index in [4.69, 9.17) is 5.26 Å². The third-order valence-corrected chi connectivity index (χ3v) is 5.18. The maximum Gasteiger partial charge on any atom is 0.337 e. The van der Waals surface area contributed by atoms with Gasteiger partial charge in [-0.2, -0.15) is 5.26 Å². The first kappa shape index (κ1) is 23.2. The van der Waals surface area contributed by atoms with Crippen LogP contribution in [0.3, 0.4) is 0 Å². The average Bonchev–Trinajstić information content (AvgIpc) is 2.82. The van der Waals surface area contributed by atoms with Gasteiger partial charge in [0.25, 0.3) is 5.69 Å². The van der Waals surface area contributed by atoms with Crippen molar-refractivity contribution in [3.05, 3.63) is 69.0 Å². The minimum atomic E-state index is -1.53. The summed E-state index contributed by atoms with van der Waals surface area (Å²) in [6.45, 7) is 2.29. The van der Waals surface area contributed by atoms with E-state index in [-0.39, 0.29) is 18.7 Å². The number of carboxylic acids is 1. The smallest absolute Gasteiger partial charge is 0.337 e. The molecule has 168 valence electrons. The monoisotopic (exact) mass is 450 g/mol. The summed E-state index contributed by atoms with van der Waals surface area (Å²) in [6, 6.07) is 10.6. The fourth-order valence-corrected chi connectivity index (χ4v) is 3.48. The van der Waals surface area contributed by atoms with E-state index in [0.717, 1.165) is 5.69 Å². The van der Waals surface area contributed by atoms with Gasteiger partial charge < -0.3 is 14.9 Å². The summed E-state index contributed by atoms with van der Waals surface area (Å²) in [7, 11) is 0. The van der Waals surface area contributed by atoms with E-state index in [0.29, 0.717) is 43.9 Å². The second-order valence-electron chi connectivity index (χ2n) is 7.24. The molecule has 0 unspecified atom stereocenters. The molecule has 0 bridgehead atoms. The molecule has 2 aromatic rings. The van der Waals surface area contributed by atoms with Crippen molar-refractivity contribution in [1.29, 1.82) is 5.26 Å². The normalized spacial score (nSPS) is 13.0. The number of carbonyl (C=O) groups excluding carboxylic acids is 1. The van der Waals surface area contributed by atoms with Gasteiger partial charge >= 0.3 is 5.97 Å². The van der Waals surface area contributed by atoms with E-state index >= 15 is 0 Å². The van der Waals surface area contributed by atoms with Crippen LogP contribution in [-0.2, 0) is 4.79 Å². The van der Waals surface area contributed by atoms with Crippen molar-refractivity contribution in [1.82, 2.24) is 4.90 Å². The SMILES string of the molecule is N#Cc1ccc(N2CCN(C(=O)CCC#Cc3c(C(=O)O)cc(F)cc3[N+](=O)[O-])CC2)cc1. The number of rotatable bonds is 5. The highest BCUT2D eigenvalue weighted by Crippen LogP contribution is 2.24. The Balaban J connectivity index is 1.59. The van der Waals surface area contributed by atoms with Crippen LogP contribution in [0.15, 0.2) is 36.4 Å². The number of anilines is 1. The van der Waals surface area contributed by atoms with Crippen molar-refractivity contribution < 1.29 is 24.0 Å². The van der Waals surface area contributed by atoms with Gasteiger partial charge in [0.05, 0.1) is 28.2 Å². The summed E-state index contributed by atoms with van der Waals surface area (Å²) in [5.41, 5.74) is -0.167. The largest absolute Gasteiger partial charge is 0.478 e. The van der Waals surface area contributed by atoms with Gasteiger partial charge in [-0.3, -0.25) is 14.9 Å². The molecule has 0 atom stereocenters. The molecule has 0 radical (unpaired) electrons. The van der Waals surface area contributed by atoms with Crippen molar-refractivity contribution >= 4 is 23.3 Å². The molecule has 0 spiro atoms. The highest BCUT2D eigenvalue weighted by atomic mass is 19.1. The Morgan fingerprint density at radius 2 is 1.82 bits per heavy atom. The number of nitrogens with zero attached hydrogens (tertiary/aromatic N) is 4. The van der Waals surface area contributed by atoms with Gasteiger partial charge in [-0.15, -0.1) is 0 Å². The quantitative estimate of drug-likeness (QED) is 0.421. The van der Waals surface area contributed by atoms with Gasteiger partial charge in [0, 0.05) is 44.7 Å². The molecule has 2 aromatic carbocycles. The summed E-state index contributed by atoms with van der Waals surface area (Å²) >= 11 is 0. The molecule has 1 N–H and O–H groups in total. The fourth-order valence-electron chi connectivity index (χ4n) is 3.48. The van der Waals surface area contributed by atoms with E-state index < -0.39 is 33.5 Å². The lowest BCUT2D eigenvalue weighted by molar-refractivity contribution is -0.385. The molecular formula is C23H19FN4O5. The number of amides is 1. The van der Waals surface area contributed by atoms with Crippen molar-refractivity contribution in [2.24, 2.45) is 0 Å². The summed E-state index contributed by atoms with van der Waals surface area (Å²) in [4.78, 5) is 37.9. The van der Waals surface area contributed by atoms with Crippen LogP contribution in [0.1, 0.15) is 34.3 Å². The zero-order chi connectivity index (χ0) is 24.0. The molecule has 0 saturated carbocycles. The zero-order valence-corrected chi connectivity index (χ0v) is 17.5. The summed E-state index contributed by atoms with van der Waals surface area (Å²) in [6.07, 6.45) is 0.142. The molecule has 0 aliphatic carbocycles. The standard InChI is InChI=1S/C23H19FN4O5/c24-17-13-20(23(30)31)19(21(14-17)28(32)33)3-1-2-4-22(29)27-11-9-26(10-12-27)18-7-5-16(15-25)6-8-18/h5-8,13-14H,2,4,9-12H2,(H,30,31). The lowest BCUT2D eigenvalue weighted by atomic mass is 10.0. The molecule has 1 fully saturated rings. The molecule has 10 heteroatoms. The molecule has 1 heterocycles. The minimum Gasteiger partial charge on any atom is -0.478 e. The topological polar surface area (TPSA) is 128 Å². The number of halogens is 1. The van der Waals surface area contributed by atoms with Gasteiger partial charge in [0.2, 0.25) is 5.91 Å². The van der Waals surface area contributed by atoms with Crippen LogP contribution in [0, 0.1) is 39.1 Å². The van der Waals surface area contributed by atoms with E-state index in [1.165, 1.54) is 0 Å². The minimum absolute atomic E-state index is 0.0707. The Morgan fingerprint density at radius 1 is 1.15 bits per heavy atom. The molecule has 3 rings (SSSR count). The predicted octanol–water partition coefficient (Wildman–Crippen LogP) is 2.78. The average molecular weight is 450 g/mol. The van der Waals surface area contributed by atoms with Gasteiger partial charge in [0.15, 0.2) is 0 Å². The lowest BCUT2D eigenvalue weighted by Gasteiger charge is -2.36. The zero-order valence-electron chi connectivity index (χ0n) is 17.5. The first-order valence-corrected chi connectivity index (χ1v) is 10.0. The second-order valence-corrected chi connectivity index (χ2v) is 7.24. The van der Waals surface area contributed by atoms with Crippen LogP contribution in [0.25, 0.3) is 0 Å². The highest BCUT2D eigenvalue weighted by molar-refractivity contribution is 5.92. The third-order valence-electron chi connectivity index (χ3n) is 5.18. The van der Waals surface area contributed by atoms with Crippen molar-refractivity contribution in [3.8, 4) is 17.9 Å². The number of nitro groups is 1. The Morgan fingerprint density at radius 3 is 2.39 bits per heavy atom. The molecule has 1 aliphatic rings. The number of hydrogen-bond donors (Lipinski definition) is 1. The second kappa shape index (κ2) is 10.2. The highest BCUT2D eigenvalue weighted by Gasteiger charge is 2.23. The molecule has 1 saturated heterocycles. The van der Waals surface area contributed by atoms with Gasteiger partial charge in [0.1, 0.15) is 11.4 Å². The Labute approximate surface area is 188 Å². The number of nitriles is 1. The van der Waals surface area contributed by atoms with E-state index in [1.54, 1.807) is 17.0 Å². The lowest BCUT2D eigenvalue weighted by Crippen LogP contribution is -2.48. The first-order valence-electron chi connectivity index (χ1n) is 10.0.